The maximum atomic E-state index is 12.2. The first-order chi connectivity index (χ1) is 11.9. The summed E-state index contributed by atoms with van der Waals surface area (Å²) in [6.45, 7) is 0. The number of rotatable bonds is 6. The van der Waals surface area contributed by atoms with Gasteiger partial charge in [-0.1, -0.05) is 30.2 Å². The van der Waals surface area contributed by atoms with Crippen LogP contribution in [-0.4, -0.2) is 43.4 Å². The van der Waals surface area contributed by atoms with Gasteiger partial charge in [0.15, 0.2) is 9.84 Å². The van der Waals surface area contributed by atoms with E-state index in [0.29, 0.717) is 30.0 Å². The number of para-hydroxylation sites is 1. The summed E-state index contributed by atoms with van der Waals surface area (Å²) in [4.78, 5) is 23.3. The zero-order valence-electron chi connectivity index (χ0n) is 13.5. The molecule has 136 valence electrons. The normalized spacial score (nSPS) is 26.6. The average Bonchev–Trinajstić information content (AvgIpc) is 2.98. The van der Waals surface area contributed by atoms with Gasteiger partial charge in [-0.05, 0) is 25.0 Å². The highest BCUT2D eigenvalue weighted by molar-refractivity contribution is 7.92. The van der Waals surface area contributed by atoms with Crippen LogP contribution >= 0.6 is 11.6 Å². The van der Waals surface area contributed by atoms with E-state index in [9.17, 15) is 18.0 Å². The average molecular weight is 386 g/mol. The van der Waals surface area contributed by atoms with E-state index in [1.54, 1.807) is 24.3 Å². The van der Waals surface area contributed by atoms with Gasteiger partial charge in [0, 0.05) is 6.42 Å². The molecule has 0 spiro atoms. The minimum atomic E-state index is -3.22. The number of carbonyl (C=O) groups is 2. The smallest absolute Gasteiger partial charge is 0.315 e. The van der Waals surface area contributed by atoms with E-state index in [2.05, 4.69) is 16.0 Å². The van der Waals surface area contributed by atoms with Crippen molar-refractivity contribution in [3.8, 4) is 0 Å². The predicted octanol–water partition coefficient (Wildman–Crippen LogP) is 1.69. The van der Waals surface area contributed by atoms with E-state index in [1.165, 1.54) is 0 Å². The summed E-state index contributed by atoms with van der Waals surface area (Å²) in [6, 6.07) is 5.97. The Morgan fingerprint density at radius 3 is 2.76 bits per heavy atom. The molecule has 25 heavy (non-hydrogen) atoms. The first kappa shape index (κ1) is 18.0. The topological polar surface area (TPSA) is 104 Å². The fraction of sp³-hybridized carbons (Fsp3) is 0.500. The van der Waals surface area contributed by atoms with Crippen LogP contribution in [0.4, 0.5) is 10.5 Å². The molecule has 1 aromatic carbocycles. The van der Waals surface area contributed by atoms with Gasteiger partial charge in [0.2, 0.25) is 5.91 Å². The fourth-order valence-corrected chi connectivity index (χ4v) is 5.86. The Balaban J connectivity index is 1.46. The molecule has 3 N–H and O–H groups in total. The molecule has 2 heterocycles. The van der Waals surface area contributed by atoms with Crippen molar-refractivity contribution in [2.45, 2.75) is 43.0 Å². The van der Waals surface area contributed by atoms with Crippen molar-refractivity contribution in [2.75, 3.05) is 11.1 Å². The molecule has 2 saturated heterocycles. The molecule has 3 atom stereocenters. The number of sulfone groups is 1. The van der Waals surface area contributed by atoms with E-state index in [0.717, 1.165) is 0 Å². The molecular weight excluding hydrogens is 366 g/mol. The van der Waals surface area contributed by atoms with Crippen LogP contribution in [-0.2, 0) is 14.6 Å². The van der Waals surface area contributed by atoms with Crippen LogP contribution in [0.2, 0.25) is 5.02 Å². The van der Waals surface area contributed by atoms with Crippen LogP contribution in [0.5, 0.6) is 0 Å². The Bertz CT molecular complexity index is 783. The third kappa shape index (κ3) is 4.07. The molecule has 7 nitrogen and oxygen atoms in total. The second kappa shape index (κ2) is 7.21. The Kier molecular flexibility index (Phi) is 5.19. The molecule has 3 amide bonds. The number of nitrogens with one attached hydrogen (secondary N) is 3. The minimum absolute atomic E-state index is 0.0198. The van der Waals surface area contributed by atoms with Crippen molar-refractivity contribution >= 4 is 39.1 Å². The zero-order valence-corrected chi connectivity index (χ0v) is 15.1. The Morgan fingerprint density at radius 1 is 1.24 bits per heavy atom. The monoisotopic (exact) mass is 385 g/mol. The second-order valence-corrected chi connectivity index (χ2v) is 9.06. The number of anilines is 1. The summed E-state index contributed by atoms with van der Waals surface area (Å²) in [5.41, 5.74) is 0.565. The van der Waals surface area contributed by atoms with Crippen LogP contribution in [0.3, 0.4) is 0 Å². The number of halogens is 1. The molecule has 2 fully saturated rings. The maximum absolute atomic E-state index is 12.2. The van der Waals surface area contributed by atoms with Gasteiger partial charge in [-0.25, -0.2) is 13.2 Å². The molecule has 1 aromatic rings. The van der Waals surface area contributed by atoms with Crippen molar-refractivity contribution in [3.63, 3.8) is 0 Å². The van der Waals surface area contributed by atoms with Gasteiger partial charge in [-0.15, -0.1) is 0 Å². The highest BCUT2D eigenvalue weighted by Gasteiger charge is 2.51. The number of unbranched alkanes of at least 4 members (excludes halogenated alkanes) is 1. The molecule has 9 heteroatoms. The van der Waals surface area contributed by atoms with E-state index in [4.69, 9.17) is 11.6 Å². The highest BCUT2D eigenvalue weighted by atomic mass is 35.5. The van der Waals surface area contributed by atoms with E-state index in [-0.39, 0.29) is 36.2 Å². The van der Waals surface area contributed by atoms with Gasteiger partial charge in [0.05, 0.1) is 33.8 Å². The predicted molar refractivity (Wildman–Crippen MR) is 95.4 cm³/mol. The maximum Gasteiger partial charge on any atom is 0.315 e. The third-order valence-electron chi connectivity index (χ3n) is 4.61. The molecular formula is C16H20ClN3O4S. The van der Waals surface area contributed by atoms with Crippen molar-refractivity contribution < 1.29 is 18.0 Å². The number of amides is 3. The van der Waals surface area contributed by atoms with Gasteiger partial charge >= 0.3 is 6.03 Å². The zero-order chi connectivity index (χ0) is 18.0. The van der Waals surface area contributed by atoms with Crippen LogP contribution in [0.1, 0.15) is 25.7 Å². The number of carbonyl (C=O) groups excluding carboxylic acids is 2. The molecule has 0 saturated carbocycles. The number of hydrogen-bond donors (Lipinski definition) is 3. The molecule has 0 unspecified atom stereocenters. The molecule has 2 aliphatic heterocycles. The quantitative estimate of drug-likeness (QED) is 0.512. The Hall–Kier alpha value is -1.80. The number of hydrogen-bond acceptors (Lipinski definition) is 4. The highest BCUT2D eigenvalue weighted by Crippen LogP contribution is 2.28. The SMILES string of the molecule is O=C(CCCC[C@@H]1[C@@H]2NC(=O)N[C@@H]2CS1(=O)=O)Nc1ccccc1Cl. The number of benzene rings is 1. The lowest BCUT2D eigenvalue weighted by molar-refractivity contribution is -0.116. The van der Waals surface area contributed by atoms with Crippen molar-refractivity contribution in [1.29, 1.82) is 0 Å². The lowest BCUT2D eigenvalue weighted by Gasteiger charge is -2.16. The van der Waals surface area contributed by atoms with E-state index in [1.807, 2.05) is 0 Å². The summed E-state index contributed by atoms with van der Waals surface area (Å²) in [7, 11) is -3.22. The Morgan fingerprint density at radius 2 is 2.00 bits per heavy atom. The van der Waals surface area contributed by atoms with Crippen molar-refractivity contribution in [3.05, 3.63) is 29.3 Å². The molecule has 0 bridgehead atoms. The van der Waals surface area contributed by atoms with Crippen molar-refractivity contribution in [1.82, 2.24) is 10.6 Å². The van der Waals surface area contributed by atoms with E-state index < -0.39 is 15.1 Å². The summed E-state index contributed by atoms with van der Waals surface area (Å²) in [5, 5.41) is 7.96. The van der Waals surface area contributed by atoms with Gasteiger partial charge in [-0.3, -0.25) is 4.79 Å². The second-order valence-electron chi connectivity index (χ2n) is 6.39. The van der Waals surface area contributed by atoms with E-state index >= 15 is 0 Å². The lowest BCUT2D eigenvalue weighted by Crippen LogP contribution is -2.39. The standard InChI is InChI=1S/C16H20ClN3O4S/c17-10-5-1-2-6-11(10)18-14(21)8-4-3-7-13-15-12(9-25(13,23)24)19-16(22)20-15/h1-2,5-6,12-13,15H,3-4,7-9H2,(H,18,21)(H2,19,20,22)/t12-,13-,15-/m1/s1. The minimum Gasteiger partial charge on any atom is -0.332 e. The summed E-state index contributed by atoms with van der Waals surface area (Å²) < 4.78 is 24.4. The fourth-order valence-electron chi connectivity index (χ4n) is 3.41. The van der Waals surface area contributed by atoms with Gasteiger partial charge < -0.3 is 16.0 Å². The van der Waals surface area contributed by atoms with Crippen LogP contribution < -0.4 is 16.0 Å². The van der Waals surface area contributed by atoms with Crippen LogP contribution in [0.15, 0.2) is 24.3 Å². The molecule has 0 aromatic heterocycles. The molecule has 0 radical (unpaired) electrons. The number of urea groups is 1. The third-order valence-corrected chi connectivity index (χ3v) is 7.22. The van der Waals surface area contributed by atoms with Gasteiger partial charge in [0.1, 0.15) is 0 Å². The molecule has 0 aliphatic carbocycles. The first-order valence-electron chi connectivity index (χ1n) is 8.20. The molecule has 3 rings (SSSR count). The summed E-state index contributed by atoms with van der Waals surface area (Å²) in [5.74, 6) is -0.176. The number of fused-ring (bicyclic) bond motifs is 1. The summed E-state index contributed by atoms with van der Waals surface area (Å²) in [6.07, 6.45) is 1.89. The van der Waals surface area contributed by atoms with Crippen molar-refractivity contribution in [2.24, 2.45) is 0 Å². The van der Waals surface area contributed by atoms with Crippen LogP contribution in [0.25, 0.3) is 0 Å². The molecule has 2 aliphatic rings. The van der Waals surface area contributed by atoms with Gasteiger partial charge in [-0.2, -0.15) is 0 Å². The lowest BCUT2D eigenvalue weighted by atomic mass is 10.0. The Labute approximate surface area is 151 Å². The van der Waals surface area contributed by atoms with Crippen LogP contribution in [0, 0.1) is 0 Å². The largest absolute Gasteiger partial charge is 0.332 e. The first-order valence-corrected chi connectivity index (χ1v) is 10.3. The summed E-state index contributed by atoms with van der Waals surface area (Å²) >= 11 is 5.99. The van der Waals surface area contributed by atoms with Gasteiger partial charge in [0.25, 0.3) is 0 Å².